The number of hydrogen-bond donors (Lipinski definition) is 1. The first-order valence-corrected chi connectivity index (χ1v) is 7.91. The minimum Gasteiger partial charge on any atom is -0.507 e. The van der Waals surface area contributed by atoms with Crippen molar-refractivity contribution in [1.82, 2.24) is 0 Å². The maximum Gasteiger partial charge on any atom is 0.124 e. The second-order valence-electron chi connectivity index (χ2n) is 6.81. The Kier molecular flexibility index (Phi) is 2.95. The van der Waals surface area contributed by atoms with E-state index in [9.17, 15) is 5.11 Å². The fourth-order valence-corrected chi connectivity index (χ4v) is 4.20. The van der Waals surface area contributed by atoms with Crippen LogP contribution in [-0.2, 0) is 19.4 Å². The van der Waals surface area contributed by atoms with E-state index in [1.165, 1.54) is 16.7 Å². The molecule has 22 heavy (non-hydrogen) atoms. The van der Waals surface area contributed by atoms with Crippen LogP contribution in [0.4, 0.5) is 0 Å². The van der Waals surface area contributed by atoms with Crippen LogP contribution < -0.4 is 4.74 Å². The molecule has 3 nitrogen and oxygen atoms in total. The number of methoxy groups -OCH3 is 1. The van der Waals surface area contributed by atoms with Crippen molar-refractivity contribution in [1.29, 1.82) is 0 Å². The van der Waals surface area contributed by atoms with Crippen LogP contribution in [0.15, 0.2) is 36.4 Å². The molecule has 2 aromatic rings. The fraction of sp³-hybridized carbons (Fsp3) is 0.368. The summed E-state index contributed by atoms with van der Waals surface area (Å²) in [6, 6.07) is 12.9. The summed E-state index contributed by atoms with van der Waals surface area (Å²) < 4.78 is 6.37. The third-order valence-corrected chi connectivity index (χ3v) is 5.53. The quantitative estimate of drug-likeness (QED) is 0.819. The fourth-order valence-electron chi connectivity index (χ4n) is 4.20. The van der Waals surface area contributed by atoms with Gasteiger partial charge in [-0.25, -0.2) is 0 Å². The number of benzene rings is 2. The normalized spacial score (nSPS) is 25.8. The summed E-state index contributed by atoms with van der Waals surface area (Å²) in [5, 5.41) is 10.2. The number of quaternary nitrogens is 1. The molecule has 2 heterocycles. The lowest BCUT2D eigenvalue weighted by molar-refractivity contribution is -0.956. The molecule has 2 aromatic carbocycles. The van der Waals surface area contributed by atoms with Gasteiger partial charge in [-0.1, -0.05) is 12.1 Å². The summed E-state index contributed by atoms with van der Waals surface area (Å²) in [4.78, 5) is 0. The second-order valence-corrected chi connectivity index (χ2v) is 6.81. The van der Waals surface area contributed by atoms with Crippen molar-refractivity contribution >= 4 is 0 Å². The maximum absolute atomic E-state index is 10.2. The summed E-state index contributed by atoms with van der Waals surface area (Å²) in [7, 11) is 4.05. The number of hydrogen-bond acceptors (Lipinski definition) is 2. The third kappa shape index (κ3) is 1.92. The van der Waals surface area contributed by atoms with Crippen LogP contribution in [0.1, 0.15) is 28.3 Å². The second kappa shape index (κ2) is 4.75. The molecule has 3 heteroatoms. The van der Waals surface area contributed by atoms with Gasteiger partial charge in [0.15, 0.2) is 0 Å². The molecule has 0 radical (unpaired) electrons. The van der Waals surface area contributed by atoms with Crippen molar-refractivity contribution in [2.24, 2.45) is 0 Å². The summed E-state index contributed by atoms with van der Waals surface area (Å²) >= 11 is 0. The summed E-state index contributed by atoms with van der Waals surface area (Å²) in [5.41, 5.74) is 5.30. The van der Waals surface area contributed by atoms with Crippen molar-refractivity contribution in [2.75, 3.05) is 20.7 Å². The van der Waals surface area contributed by atoms with Crippen molar-refractivity contribution in [2.45, 2.75) is 25.4 Å². The highest BCUT2D eigenvalue weighted by Gasteiger charge is 2.43. The van der Waals surface area contributed by atoms with E-state index in [0.717, 1.165) is 41.7 Å². The van der Waals surface area contributed by atoms with Gasteiger partial charge in [-0.15, -0.1) is 0 Å². The summed E-state index contributed by atoms with van der Waals surface area (Å²) in [6.07, 6.45) is 2.07. The van der Waals surface area contributed by atoms with Gasteiger partial charge in [0.05, 0.1) is 26.3 Å². The first kappa shape index (κ1) is 13.6. The predicted molar refractivity (Wildman–Crippen MR) is 86.0 cm³/mol. The van der Waals surface area contributed by atoms with Crippen LogP contribution in [0.3, 0.4) is 0 Å². The minimum atomic E-state index is 0.454. The Morgan fingerprint density at radius 2 is 2.05 bits per heavy atom. The Morgan fingerprint density at radius 3 is 2.86 bits per heavy atom. The number of ether oxygens (including phenoxy) is 1. The molecular weight excluding hydrogens is 274 g/mol. The molecule has 0 aliphatic carbocycles. The van der Waals surface area contributed by atoms with Crippen molar-refractivity contribution in [3.05, 3.63) is 58.7 Å². The Bertz CT molecular complexity index is 740. The molecular formula is C19H22NO2+. The highest BCUT2D eigenvalue weighted by Crippen LogP contribution is 2.45. The smallest absolute Gasteiger partial charge is 0.124 e. The molecule has 0 fully saturated rings. The van der Waals surface area contributed by atoms with Gasteiger partial charge in [0.1, 0.15) is 24.1 Å². The van der Waals surface area contributed by atoms with Crippen molar-refractivity contribution < 1.29 is 14.3 Å². The molecule has 0 saturated heterocycles. The molecule has 0 spiro atoms. The van der Waals surface area contributed by atoms with Crippen molar-refractivity contribution in [3.8, 4) is 11.5 Å². The topological polar surface area (TPSA) is 29.5 Å². The Hall–Kier alpha value is -2.00. The maximum atomic E-state index is 10.2. The molecule has 2 aliphatic rings. The van der Waals surface area contributed by atoms with Gasteiger partial charge in [-0.05, 0) is 35.4 Å². The Labute approximate surface area is 131 Å². The van der Waals surface area contributed by atoms with E-state index in [1.54, 1.807) is 7.11 Å². The van der Waals surface area contributed by atoms with Crippen LogP contribution in [0.25, 0.3) is 0 Å². The minimum absolute atomic E-state index is 0.454. The van der Waals surface area contributed by atoms with Gasteiger partial charge in [-0.3, -0.25) is 0 Å². The molecule has 4 rings (SSSR count). The number of likely N-dealkylation sites (N-methyl/N-ethyl adjacent to an activating group) is 1. The van der Waals surface area contributed by atoms with E-state index >= 15 is 0 Å². The zero-order chi connectivity index (χ0) is 15.3. The largest absolute Gasteiger partial charge is 0.507 e. The average molecular weight is 296 g/mol. The predicted octanol–water partition coefficient (Wildman–Crippen LogP) is 3.20. The van der Waals surface area contributed by atoms with Gasteiger partial charge in [0, 0.05) is 18.4 Å². The van der Waals surface area contributed by atoms with Crippen LogP contribution in [0.2, 0.25) is 0 Å². The number of rotatable bonds is 1. The lowest BCUT2D eigenvalue weighted by Gasteiger charge is -2.48. The van der Waals surface area contributed by atoms with E-state index in [1.807, 2.05) is 12.1 Å². The van der Waals surface area contributed by atoms with Gasteiger partial charge in [0.25, 0.3) is 0 Å². The molecule has 0 aromatic heterocycles. The zero-order valence-electron chi connectivity index (χ0n) is 13.2. The monoisotopic (exact) mass is 296 g/mol. The van der Waals surface area contributed by atoms with E-state index < -0.39 is 0 Å². The van der Waals surface area contributed by atoms with E-state index in [2.05, 4.69) is 31.3 Å². The standard InChI is InChI=1S/C19H21NO2/c1-20-9-8-14-10-15(22-2)6-7-16(14)18(20)11-13-4-3-5-19(21)17(13)12-20/h3-7,10,18H,8-9,11-12H2,1-2H3/p+1. The number of phenols is 1. The number of phenolic OH excluding ortho intramolecular Hbond substituents is 1. The highest BCUT2D eigenvalue weighted by atomic mass is 16.5. The van der Waals surface area contributed by atoms with Gasteiger partial charge in [0.2, 0.25) is 0 Å². The van der Waals surface area contributed by atoms with Crippen LogP contribution in [0.5, 0.6) is 11.5 Å². The number of nitrogens with zero attached hydrogens (tertiary/aromatic N) is 1. The highest BCUT2D eigenvalue weighted by molar-refractivity contribution is 5.44. The van der Waals surface area contributed by atoms with Gasteiger partial charge < -0.3 is 14.3 Å². The summed E-state index contributed by atoms with van der Waals surface area (Å²) in [6.45, 7) is 2.02. The lowest BCUT2D eigenvalue weighted by Crippen LogP contribution is -2.53. The average Bonchev–Trinajstić information content (AvgIpc) is 2.53. The molecule has 2 unspecified atom stereocenters. The summed E-state index contributed by atoms with van der Waals surface area (Å²) in [5.74, 6) is 1.40. The van der Waals surface area contributed by atoms with Crippen LogP contribution in [0, 0.1) is 0 Å². The molecule has 114 valence electrons. The van der Waals surface area contributed by atoms with Crippen molar-refractivity contribution in [3.63, 3.8) is 0 Å². The van der Waals surface area contributed by atoms with E-state index in [4.69, 9.17) is 4.74 Å². The van der Waals surface area contributed by atoms with Gasteiger partial charge >= 0.3 is 0 Å². The van der Waals surface area contributed by atoms with Gasteiger partial charge in [-0.2, -0.15) is 0 Å². The Morgan fingerprint density at radius 1 is 1.18 bits per heavy atom. The molecule has 0 bridgehead atoms. The van der Waals surface area contributed by atoms with E-state index in [0.29, 0.717) is 11.8 Å². The Balaban J connectivity index is 1.81. The zero-order valence-corrected chi connectivity index (χ0v) is 13.2. The lowest BCUT2D eigenvalue weighted by atomic mass is 9.82. The number of aromatic hydroxyl groups is 1. The molecule has 1 N–H and O–H groups in total. The SMILES string of the molecule is COc1ccc2c(c1)CC[N+]1(C)Cc3c(O)cccc3CC21. The first-order valence-electron chi connectivity index (χ1n) is 7.91. The van der Waals surface area contributed by atoms with Crippen LogP contribution >= 0.6 is 0 Å². The number of fused-ring (bicyclic) bond motifs is 4. The van der Waals surface area contributed by atoms with E-state index in [-0.39, 0.29) is 0 Å². The van der Waals surface area contributed by atoms with Crippen LogP contribution in [-0.4, -0.2) is 30.3 Å². The molecule has 2 aliphatic heterocycles. The molecule has 0 amide bonds. The molecule has 2 atom stereocenters. The first-order chi connectivity index (χ1) is 10.6. The molecule has 0 saturated carbocycles. The third-order valence-electron chi connectivity index (χ3n) is 5.53.